The maximum absolute atomic E-state index is 12.6. The number of aromatic nitrogens is 2. The number of hydrogen-bond acceptors (Lipinski definition) is 2. The van der Waals surface area contributed by atoms with Crippen LogP contribution in [0.25, 0.3) is 11.1 Å². The minimum Gasteiger partial charge on any atom is -0.358 e. The number of aromatic amines is 1. The fourth-order valence-corrected chi connectivity index (χ4v) is 2.31. The fraction of sp³-hybridized carbons (Fsp3) is 0. The number of rotatable bonds is 3. The molecule has 1 N–H and O–H groups in total. The lowest BCUT2D eigenvalue weighted by atomic mass is 10.0. The van der Waals surface area contributed by atoms with Crippen LogP contribution in [0, 0.1) is 0 Å². The number of halogens is 1. The average molecular weight is 283 g/mol. The van der Waals surface area contributed by atoms with E-state index in [9.17, 15) is 4.79 Å². The van der Waals surface area contributed by atoms with E-state index in [-0.39, 0.29) is 10.9 Å². The molecule has 3 nitrogen and oxygen atoms in total. The van der Waals surface area contributed by atoms with Gasteiger partial charge in [-0.05, 0) is 23.8 Å². The number of nitrogens with zero attached hydrogens (tertiary/aromatic N) is 1. The number of H-pyrrole nitrogens is 1. The number of ketones is 1. The van der Waals surface area contributed by atoms with Crippen molar-refractivity contribution in [2.24, 2.45) is 0 Å². The van der Waals surface area contributed by atoms with Crippen molar-refractivity contribution in [2.75, 3.05) is 0 Å². The van der Waals surface area contributed by atoms with Crippen LogP contribution in [0.4, 0.5) is 0 Å². The van der Waals surface area contributed by atoms with Gasteiger partial charge < -0.3 is 4.98 Å². The molecule has 0 aliphatic rings. The zero-order valence-electron chi connectivity index (χ0n) is 10.5. The molecule has 2 aromatic heterocycles. The summed E-state index contributed by atoms with van der Waals surface area (Å²) < 4.78 is 0. The molecule has 0 atom stereocenters. The summed E-state index contributed by atoms with van der Waals surface area (Å²) in [5.41, 5.74) is 2.76. The highest BCUT2D eigenvalue weighted by molar-refractivity contribution is 6.34. The van der Waals surface area contributed by atoms with E-state index in [1.54, 1.807) is 24.5 Å². The van der Waals surface area contributed by atoms with Gasteiger partial charge >= 0.3 is 0 Å². The Labute approximate surface area is 121 Å². The molecule has 3 rings (SSSR count). The zero-order valence-corrected chi connectivity index (χ0v) is 11.3. The summed E-state index contributed by atoms with van der Waals surface area (Å²) >= 11 is 5.99. The Morgan fingerprint density at radius 3 is 2.60 bits per heavy atom. The lowest BCUT2D eigenvalue weighted by Crippen LogP contribution is -2.05. The van der Waals surface area contributed by atoms with Crippen LogP contribution in [0.2, 0.25) is 5.15 Å². The van der Waals surface area contributed by atoms with Gasteiger partial charge in [0.15, 0.2) is 0 Å². The first kappa shape index (κ1) is 12.6. The van der Waals surface area contributed by atoms with Gasteiger partial charge in [0.2, 0.25) is 5.78 Å². The Balaban J connectivity index is 2.07. The monoisotopic (exact) mass is 282 g/mol. The van der Waals surface area contributed by atoms with Crippen molar-refractivity contribution in [3.8, 4) is 11.1 Å². The molecule has 98 valence electrons. The SMILES string of the molecule is O=C(c1cccnc1Cl)c1[nH]ccc1-c1ccccc1. The van der Waals surface area contributed by atoms with Crippen molar-refractivity contribution in [1.82, 2.24) is 9.97 Å². The summed E-state index contributed by atoms with van der Waals surface area (Å²) in [7, 11) is 0. The molecule has 0 aliphatic heterocycles. The molecule has 0 saturated carbocycles. The second kappa shape index (κ2) is 5.31. The van der Waals surface area contributed by atoms with Crippen LogP contribution in [0.1, 0.15) is 16.1 Å². The van der Waals surface area contributed by atoms with Gasteiger partial charge in [-0.15, -0.1) is 0 Å². The Hall–Kier alpha value is -2.39. The predicted molar refractivity (Wildman–Crippen MR) is 78.9 cm³/mol. The first-order valence-corrected chi connectivity index (χ1v) is 6.53. The number of carbonyl (C=O) groups is 1. The number of nitrogens with one attached hydrogen (secondary N) is 1. The zero-order chi connectivity index (χ0) is 13.9. The average Bonchev–Trinajstić information content (AvgIpc) is 2.97. The molecule has 0 saturated heterocycles. The van der Waals surface area contributed by atoms with Crippen LogP contribution < -0.4 is 0 Å². The summed E-state index contributed by atoms with van der Waals surface area (Å²) in [5, 5.41) is 0.214. The molecule has 0 fully saturated rings. The Kier molecular flexibility index (Phi) is 3.35. The Bertz CT molecular complexity index is 750. The van der Waals surface area contributed by atoms with Crippen LogP contribution in [-0.4, -0.2) is 15.8 Å². The predicted octanol–water partition coefficient (Wildman–Crippen LogP) is 3.96. The van der Waals surface area contributed by atoms with E-state index in [4.69, 9.17) is 11.6 Å². The molecule has 2 heterocycles. The lowest BCUT2D eigenvalue weighted by Gasteiger charge is -2.05. The van der Waals surface area contributed by atoms with Crippen molar-refractivity contribution in [2.45, 2.75) is 0 Å². The molecular formula is C16H11ClN2O. The standard InChI is InChI=1S/C16H11ClN2O/c17-16-13(7-4-9-19-16)15(20)14-12(8-10-18-14)11-5-2-1-3-6-11/h1-10,18H. The first-order valence-electron chi connectivity index (χ1n) is 6.15. The summed E-state index contributed by atoms with van der Waals surface area (Å²) in [6.45, 7) is 0. The number of carbonyl (C=O) groups excluding carboxylic acids is 1. The maximum atomic E-state index is 12.6. The van der Waals surface area contributed by atoms with E-state index in [0.29, 0.717) is 11.3 Å². The molecule has 1 aromatic carbocycles. The second-order valence-electron chi connectivity index (χ2n) is 4.30. The smallest absolute Gasteiger partial charge is 0.212 e. The summed E-state index contributed by atoms with van der Waals surface area (Å²) in [6, 6.07) is 15.0. The first-order chi connectivity index (χ1) is 9.77. The maximum Gasteiger partial charge on any atom is 0.212 e. The van der Waals surface area contributed by atoms with E-state index in [2.05, 4.69) is 9.97 Å². The van der Waals surface area contributed by atoms with Gasteiger partial charge in [0.25, 0.3) is 0 Å². The van der Waals surface area contributed by atoms with Crippen molar-refractivity contribution in [1.29, 1.82) is 0 Å². The number of pyridine rings is 1. The van der Waals surface area contributed by atoms with E-state index >= 15 is 0 Å². The molecule has 20 heavy (non-hydrogen) atoms. The third-order valence-electron chi connectivity index (χ3n) is 3.06. The van der Waals surface area contributed by atoms with E-state index in [0.717, 1.165) is 11.1 Å². The molecule has 0 aliphatic carbocycles. The second-order valence-corrected chi connectivity index (χ2v) is 4.66. The normalized spacial score (nSPS) is 10.4. The summed E-state index contributed by atoms with van der Waals surface area (Å²) in [6.07, 6.45) is 3.31. The molecular weight excluding hydrogens is 272 g/mol. The highest BCUT2D eigenvalue weighted by Crippen LogP contribution is 2.26. The summed E-state index contributed by atoms with van der Waals surface area (Å²) in [4.78, 5) is 19.5. The molecule has 3 aromatic rings. The molecule has 0 bridgehead atoms. The minimum atomic E-state index is -0.160. The highest BCUT2D eigenvalue weighted by Gasteiger charge is 2.18. The molecule has 0 amide bonds. The highest BCUT2D eigenvalue weighted by atomic mass is 35.5. The van der Waals surface area contributed by atoms with E-state index in [1.165, 1.54) is 0 Å². The van der Waals surface area contributed by atoms with Crippen molar-refractivity contribution in [3.05, 3.63) is 77.3 Å². The lowest BCUT2D eigenvalue weighted by molar-refractivity contribution is 0.103. The van der Waals surface area contributed by atoms with Crippen LogP contribution in [0.3, 0.4) is 0 Å². The van der Waals surface area contributed by atoms with Gasteiger partial charge in [-0.3, -0.25) is 4.79 Å². The molecule has 0 radical (unpaired) electrons. The van der Waals surface area contributed by atoms with E-state index in [1.807, 2.05) is 36.4 Å². The van der Waals surface area contributed by atoms with Gasteiger partial charge in [0.05, 0.1) is 11.3 Å². The van der Waals surface area contributed by atoms with Gasteiger partial charge in [-0.25, -0.2) is 4.98 Å². The minimum absolute atomic E-state index is 0.160. The Morgan fingerprint density at radius 1 is 1.05 bits per heavy atom. The molecule has 0 spiro atoms. The van der Waals surface area contributed by atoms with E-state index < -0.39 is 0 Å². The molecule has 0 unspecified atom stereocenters. The van der Waals surface area contributed by atoms with Gasteiger partial charge in [0.1, 0.15) is 5.15 Å². The summed E-state index contributed by atoms with van der Waals surface area (Å²) in [5.74, 6) is -0.160. The largest absolute Gasteiger partial charge is 0.358 e. The van der Waals surface area contributed by atoms with Gasteiger partial charge in [0, 0.05) is 18.0 Å². The van der Waals surface area contributed by atoms with Crippen LogP contribution >= 0.6 is 11.6 Å². The van der Waals surface area contributed by atoms with Gasteiger partial charge in [-0.1, -0.05) is 41.9 Å². The quantitative estimate of drug-likeness (QED) is 0.584. The van der Waals surface area contributed by atoms with Gasteiger partial charge in [-0.2, -0.15) is 0 Å². The Morgan fingerprint density at radius 2 is 1.85 bits per heavy atom. The van der Waals surface area contributed by atoms with Crippen molar-refractivity contribution >= 4 is 17.4 Å². The third-order valence-corrected chi connectivity index (χ3v) is 3.36. The molecule has 4 heteroatoms. The third kappa shape index (κ3) is 2.24. The van der Waals surface area contributed by atoms with Crippen molar-refractivity contribution < 1.29 is 4.79 Å². The van der Waals surface area contributed by atoms with Crippen LogP contribution in [0.15, 0.2) is 60.9 Å². The number of benzene rings is 1. The fourth-order valence-electron chi connectivity index (χ4n) is 2.11. The van der Waals surface area contributed by atoms with Crippen LogP contribution in [-0.2, 0) is 0 Å². The number of hydrogen-bond donors (Lipinski definition) is 1. The van der Waals surface area contributed by atoms with Crippen molar-refractivity contribution in [3.63, 3.8) is 0 Å². The topological polar surface area (TPSA) is 45.8 Å². The van der Waals surface area contributed by atoms with Crippen LogP contribution in [0.5, 0.6) is 0 Å².